The molecule has 0 aromatic heterocycles. The van der Waals surface area contributed by atoms with E-state index in [0.717, 1.165) is 23.5 Å². The van der Waals surface area contributed by atoms with Crippen molar-refractivity contribution in [3.05, 3.63) is 60.7 Å². The molecule has 0 aliphatic carbocycles. The Kier molecular flexibility index (Phi) is 13.3. The van der Waals surface area contributed by atoms with Crippen molar-refractivity contribution in [3.8, 4) is 0 Å². The molecule has 0 aliphatic rings. The van der Waals surface area contributed by atoms with Crippen LogP contribution in [0.15, 0.2) is 60.7 Å². The summed E-state index contributed by atoms with van der Waals surface area (Å²) < 4.78 is 10.7. The van der Waals surface area contributed by atoms with Crippen molar-refractivity contribution in [3.63, 3.8) is 0 Å². The topological polar surface area (TPSA) is 135 Å². The van der Waals surface area contributed by atoms with Gasteiger partial charge in [-0.3, -0.25) is 20.2 Å². The van der Waals surface area contributed by atoms with Gasteiger partial charge in [-0.05, 0) is 48.7 Å². The van der Waals surface area contributed by atoms with Crippen LogP contribution in [0, 0.1) is 0 Å². The molecule has 0 saturated heterocycles. The minimum Gasteiger partial charge on any atom is -0.475 e. The zero-order valence-corrected chi connectivity index (χ0v) is 22.0. The molecule has 0 radical (unpaired) electrons. The third-order valence-electron chi connectivity index (χ3n) is 3.73. The molecule has 0 fully saturated rings. The number of thiocarbonyl (C=S) groups is 2. The highest BCUT2D eigenvalue weighted by atomic mass is 32.2. The highest BCUT2D eigenvalue weighted by molar-refractivity contribution is 8.23. The summed E-state index contributed by atoms with van der Waals surface area (Å²) in [5, 5.41) is 9.43. The van der Waals surface area contributed by atoms with Crippen molar-refractivity contribution in [2.45, 2.75) is 0 Å². The van der Waals surface area contributed by atoms with Crippen LogP contribution in [-0.2, 0) is 19.1 Å². The normalized spacial score (nSPS) is 9.89. The van der Waals surface area contributed by atoms with E-state index in [-0.39, 0.29) is 33.5 Å². The van der Waals surface area contributed by atoms with Crippen LogP contribution in [0.1, 0.15) is 0 Å². The molecule has 0 unspecified atom stereocenters. The summed E-state index contributed by atoms with van der Waals surface area (Å²) in [4.78, 5) is 47.2. The second-order valence-electron chi connectivity index (χ2n) is 6.51. The lowest BCUT2D eigenvalue weighted by Crippen LogP contribution is -2.35. The van der Waals surface area contributed by atoms with Crippen LogP contribution >= 0.6 is 48.0 Å². The van der Waals surface area contributed by atoms with Gasteiger partial charge in [-0.1, -0.05) is 59.9 Å². The van der Waals surface area contributed by atoms with E-state index in [0.29, 0.717) is 11.4 Å². The highest BCUT2D eigenvalue weighted by Crippen LogP contribution is 2.09. The first kappa shape index (κ1) is 29.0. The fourth-order valence-electron chi connectivity index (χ4n) is 2.28. The van der Waals surface area contributed by atoms with Crippen LogP contribution in [0.5, 0.6) is 0 Å². The first-order valence-electron chi connectivity index (χ1n) is 10.2. The van der Waals surface area contributed by atoms with Crippen LogP contribution in [0.25, 0.3) is 0 Å². The monoisotopic (exact) mass is 566 g/mol. The number of nitrogens with one attached hydrogen (secondary N) is 4. The molecule has 0 heterocycles. The average molecular weight is 567 g/mol. The first-order valence-corrected chi connectivity index (χ1v) is 13.0. The van der Waals surface area contributed by atoms with Crippen LogP contribution < -0.4 is 21.3 Å². The number of urea groups is 2. The maximum absolute atomic E-state index is 11.8. The summed E-state index contributed by atoms with van der Waals surface area (Å²) in [7, 11) is 0. The lowest BCUT2D eigenvalue weighted by molar-refractivity contribution is -0.118. The van der Waals surface area contributed by atoms with Gasteiger partial charge in [-0.2, -0.15) is 0 Å². The van der Waals surface area contributed by atoms with Crippen molar-refractivity contribution in [2.24, 2.45) is 0 Å². The van der Waals surface area contributed by atoms with Crippen LogP contribution in [0.4, 0.5) is 21.0 Å². The minimum absolute atomic E-state index is 0.0638. The smallest absolute Gasteiger partial charge is 0.325 e. The molecule has 2 aromatic carbocycles. The molecule has 36 heavy (non-hydrogen) atoms. The predicted molar refractivity (Wildman–Crippen MR) is 149 cm³/mol. The summed E-state index contributed by atoms with van der Waals surface area (Å²) >= 11 is 11.9. The Morgan fingerprint density at radius 3 is 1.36 bits per heavy atom. The van der Waals surface area contributed by atoms with Gasteiger partial charge in [0.25, 0.3) is 0 Å². The number of carbonyl (C=O) groups is 4. The Labute approximate surface area is 226 Å². The third-order valence-corrected chi connectivity index (χ3v) is 6.20. The summed E-state index contributed by atoms with van der Waals surface area (Å²) in [5.74, 6) is -1.29. The quantitative estimate of drug-likeness (QED) is 0.263. The Morgan fingerprint density at radius 2 is 1.00 bits per heavy atom. The molecule has 2 rings (SSSR count). The molecule has 4 N–H and O–H groups in total. The van der Waals surface area contributed by atoms with Crippen molar-refractivity contribution >= 4 is 92.0 Å². The van der Waals surface area contributed by atoms with Crippen LogP contribution in [-0.4, -0.2) is 57.4 Å². The number of amides is 6. The molecule has 2 aromatic rings. The molecule has 6 amide bonds. The van der Waals surface area contributed by atoms with Crippen molar-refractivity contribution in [2.75, 3.05) is 35.4 Å². The number of thioether (sulfide) groups is 2. The third kappa shape index (κ3) is 13.0. The zero-order chi connectivity index (χ0) is 26.2. The van der Waals surface area contributed by atoms with Crippen molar-refractivity contribution in [1.29, 1.82) is 0 Å². The fraction of sp³-hybridized carbons (Fsp3) is 0.182. The van der Waals surface area contributed by atoms with E-state index in [1.165, 1.54) is 0 Å². The lowest BCUT2D eigenvalue weighted by atomic mass is 10.3. The maximum atomic E-state index is 11.8. The van der Waals surface area contributed by atoms with Crippen molar-refractivity contribution < 1.29 is 28.7 Å². The standard InChI is InChI=1S/C22H22N4O6S4/c27-17(25-19(29)23-15-7-3-1-4-8-15)13-35-21(33)31-11-12-32-22(34)36-14-18(28)26-20(30)24-16-9-5-2-6-10-16/h1-10H,11-14H2,(H2,23,25,27,29)(H2,24,26,28,30). The second kappa shape index (κ2) is 16.5. The lowest BCUT2D eigenvalue weighted by Gasteiger charge is -2.10. The number of hydrogen-bond acceptors (Lipinski definition) is 10. The van der Waals surface area contributed by atoms with E-state index >= 15 is 0 Å². The molecule has 0 aliphatic heterocycles. The van der Waals surface area contributed by atoms with E-state index in [2.05, 4.69) is 21.3 Å². The summed E-state index contributed by atoms with van der Waals surface area (Å²) in [6, 6.07) is 16.1. The second-order valence-corrected chi connectivity index (χ2v) is 9.67. The van der Waals surface area contributed by atoms with Crippen LogP contribution in [0.2, 0.25) is 0 Å². The number of rotatable bonds is 9. The molecule has 0 saturated carbocycles. The Balaban J connectivity index is 1.50. The average Bonchev–Trinajstić information content (AvgIpc) is 2.85. The van der Waals surface area contributed by atoms with Gasteiger partial charge in [0.05, 0.1) is 11.5 Å². The number of benzene rings is 2. The Hall–Kier alpha value is -3.20. The first-order chi connectivity index (χ1) is 17.3. The fourth-order valence-corrected chi connectivity index (χ4v) is 3.77. The molecular formula is C22H22N4O6S4. The molecule has 190 valence electrons. The predicted octanol–water partition coefficient (Wildman–Crippen LogP) is 3.75. The number of imide groups is 2. The van der Waals surface area contributed by atoms with E-state index < -0.39 is 23.9 Å². The van der Waals surface area contributed by atoms with E-state index in [4.69, 9.17) is 33.9 Å². The summed E-state index contributed by atoms with van der Waals surface area (Å²) in [6.45, 7) is 0.128. The number of ether oxygens (including phenoxy) is 2. The highest BCUT2D eigenvalue weighted by Gasteiger charge is 2.12. The molecule has 0 bridgehead atoms. The largest absolute Gasteiger partial charge is 0.475 e. The number of anilines is 2. The maximum Gasteiger partial charge on any atom is 0.325 e. The van der Waals surface area contributed by atoms with Gasteiger partial charge in [-0.15, -0.1) is 0 Å². The van der Waals surface area contributed by atoms with E-state index in [1.54, 1.807) is 60.7 Å². The van der Waals surface area contributed by atoms with Gasteiger partial charge in [0.1, 0.15) is 13.2 Å². The van der Waals surface area contributed by atoms with Gasteiger partial charge >= 0.3 is 12.1 Å². The SMILES string of the molecule is O=C(CSC(=S)OCCOC(=S)SCC(=O)NC(=O)Nc1ccccc1)NC(=O)Nc1ccccc1. The molecule has 0 atom stereocenters. The van der Waals surface area contributed by atoms with Gasteiger partial charge in [-0.25, -0.2) is 9.59 Å². The number of hydrogen-bond donors (Lipinski definition) is 4. The van der Waals surface area contributed by atoms with Gasteiger partial charge in [0, 0.05) is 11.4 Å². The minimum atomic E-state index is -0.649. The van der Waals surface area contributed by atoms with Gasteiger partial charge < -0.3 is 20.1 Å². The van der Waals surface area contributed by atoms with Gasteiger partial charge in [0.15, 0.2) is 0 Å². The molecular weight excluding hydrogens is 545 g/mol. The zero-order valence-electron chi connectivity index (χ0n) is 18.7. The molecule has 10 nitrogen and oxygen atoms in total. The Bertz CT molecular complexity index is 987. The van der Waals surface area contributed by atoms with E-state index in [1.807, 2.05) is 0 Å². The summed E-state index contributed by atoms with van der Waals surface area (Å²) in [6.07, 6.45) is 0. The number of para-hydroxylation sites is 2. The summed E-state index contributed by atoms with van der Waals surface area (Å²) in [5.41, 5.74) is 1.11. The number of carbonyl (C=O) groups excluding carboxylic acids is 4. The van der Waals surface area contributed by atoms with E-state index in [9.17, 15) is 19.2 Å². The molecule has 14 heteroatoms. The van der Waals surface area contributed by atoms with Crippen LogP contribution in [0.3, 0.4) is 0 Å². The Morgan fingerprint density at radius 1 is 0.639 bits per heavy atom. The van der Waals surface area contributed by atoms with Gasteiger partial charge in [0.2, 0.25) is 20.6 Å². The van der Waals surface area contributed by atoms with Crippen molar-refractivity contribution in [1.82, 2.24) is 10.6 Å². The molecule has 0 spiro atoms.